The van der Waals surface area contributed by atoms with E-state index in [9.17, 15) is 0 Å². The van der Waals surface area contributed by atoms with Crippen molar-refractivity contribution in [3.63, 3.8) is 0 Å². The van der Waals surface area contributed by atoms with Crippen molar-refractivity contribution in [3.05, 3.63) is 36.5 Å². The first-order valence-corrected chi connectivity index (χ1v) is 8.84. The van der Waals surface area contributed by atoms with Gasteiger partial charge in [0.25, 0.3) is 0 Å². The van der Waals surface area contributed by atoms with E-state index >= 15 is 0 Å². The predicted octanol–water partition coefficient (Wildman–Crippen LogP) is 2.08. The van der Waals surface area contributed by atoms with Crippen LogP contribution >= 0.6 is 0 Å². The molecule has 0 aliphatic carbocycles. The van der Waals surface area contributed by atoms with Gasteiger partial charge in [0.2, 0.25) is 0 Å². The quantitative estimate of drug-likeness (QED) is 0.726. The van der Waals surface area contributed by atoms with Gasteiger partial charge in [-0.15, -0.1) is 0 Å². The molecule has 0 aromatic carbocycles. The van der Waals surface area contributed by atoms with Crippen LogP contribution in [0.25, 0.3) is 11.2 Å². The van der Waals surface area contributed by atoms with Crippen LogP contribution < -0.4 is 10.2 Å². The summed E-state index contributed by atoms with van der Waals surface area (Å²) in [6.07, 6.45) is 7.68. The van der Waals surface area contributed by atoms with Gasteiger partial charge in [-0.3, -0.25) is 0 Å². The molecular formula is C18H23N7O. The molecule has 1 saturated heterocycles. The third-order valence-corrected chi connectivity index (χ3v) is 4.55. The number of ether oxygens (including phenoxy) is 1. The zero-order chi connectivity index (χ0) is 17.9. The van der Waals surface area contributed by atoms with Gasteiger partial charge in [-0.2, -0.15) is 0 Å². The van der Waals surface area contributed by atoms with Crippen LogP contribution in [0.2, 0.25) is 0 Å². The van der Waals surface area contributed by atoms with E-state index in [0.29, 0.717) is 6.54 Å². The van der Waals surface area contributed by atoms with Crippen molar-refractivity contribution < 1.29 is 4.74 Å². The lowest BCUT2D eigenvalue weighted by Crippen LogP contribution is -2.14. The monoisotopic (exact) mass is 353 g/mol. The first-order valence-electron chi connectivity index (χ1n) is 8.84. The van der Waals surface area contributed by atoms with Gasteiger partial charge in [0, 0.05) is 33.4 Å². The van der Waals surface area contributed by atoms with Crippen LogP contribution in [0.1, 0.15) is 18.4 Å². The van der Waals surface area contributed by atoms with E-state index < -0.39 is 0 Å². The molecule has 1 aliphatic heterocycles. The van der Waals surface area contributed by atoms with Crippen molar-refractivity contribution in [1.82, 2.24) is 24.5 Å². The third kappa shape index (κ3) is 3.45. The Morgan fingerprint density at radius 3 is 3.00 bits per heavy atom. The Labute approximate surface area is 152 Å². The van der Waals surface area contributed by atoms with Crippen LogP contribution in [0.5, 0.6) is 0 Å². The Morgan fingerprint density at radius 1 is 1.27 bits per heavy atom. The standard InChI is InChI=1S/C18H23N7O/c1-24(2)15-8-13(5-6-19-15)9-20-17-16-18(22-11-21-17)25(12-23-16)10-14-4-3-7-26-14/h5-6,8,11-12,14H,3-4,7,9-10H2,1-2H3,(H,20,21,22). The molecule has 1 unspecified atom stereocenters. The minimum Gasteiger partial charge on any atom is -0.376 e. The Morgan fingerprint density at radius 2 is 2.19 bits per heavy atom. The van der Waals surface area contributed by atoms with E-state index in [1.54, 1.807) is 6.33 Å². The fourth-order valence-corrected chi connectivity index (χ4v) is 3.15. The molecule has 3 aromatic rings. The lowest BCUT2D eigenvalue weighted by atomic mass is 10.2. The smallest absolute Gasteiger partial charge is 0.165 e. The molecule has 26 heavy (non-hydrogen) atoms. The second-order valence-corrected chi connectivity index (χ2v) is 6.70. The van der Waals surface area contributed by atoms with E-state index in [2.05, 4.69) is 35.9 Å². The highest BCUT2D eigenvalue weighted by Gasteiger charge is 2.18. The van der Waals surface area contributed by atoms with Gasteiger partial charge in [-0.1, -0.05) is 0 Å². The number of nitrogens with zero attached hydrogens (tertiary/aromatic N) is 6. The van der Waals surface area contributed by atoms with Crippen LogP contribution in [0.4, 0.5) is 11.6 Å². The minimum atomic E-state index is 0.250. The van der Waals surface area contributed by atoms with Gasteiger partial charge >= 0.3 is 0 Å². The molecule has 0 radical (unpaired) electrons. The average Bonchev–Trinajstić information content (AvgIpc) is 3.31. The zero-order valence-electron chi connectivity index (χ0n) is 15.1. The highest BCUT2D eigenvalue weighted by Crippen LogP contribution is 2.21. The SMILES string of the molecule is CN(C)c1cc(CNc2ncnc3c2ncn3CC2CCCO2)ccn1. The molecule has 0 spiro atoms. The van der Waals surface area contributed by atoms with Crippen molar-refractivity contribution in [2.75, 3.05) is 30.9 Å². The van der Waals surface area contributed by atoms with Gasteiger partial charge in [0.05, 0.1) is 19.0 Å². The summed E-state index contributed by atoms with van der Waals surface area (Å²) in [4.78, 5) is 19.6. The van der Waals surface area contributed by atoms with Gasteiger partial charge in [0.15, 0.2) is 11.5 Å². The first kappa shape index (κ1) is 16.7. The lowest BCUT2D eigenvalue weighted by Gasteiger charge is -2.13. The van der Waals surface area contributed by atoms with Crippen LogP contribution in [0.15, 0.2) is 31.0 Å². The lowest BCUT2D eigenvalue weighted by molar-refractivity contribution is 0.0978. The van der Waals surface area contributed by atoms with Gasteiger partial charge in [0.1, 0.15) is 17.7 Å². The summed E-state index contributed by atoms with van der Waals surface area (Å²) >= 11 is 0. The number of rotatable bonds is 6. The van der Waals surface area contributed by atoms with Gasteiger partial charge in [-0.05, 0) is 30.5 Å². The van der Waals surface area contributed by atoms with Crippen molar-refractivity contribution in [2.24, 2.45) is 0 Å². The second-order valence-electron chi connectivity index (χ2n) is 6.70. The molecule has 4 rings (SSSR count). The molecule has 0 bridgehead atoms. The molecule has 136 valence electrons. The minimum absolute atomic E-state index is 0.250. The molecule has 3 aromatic heterocycles. The topological polar surface area (TPSA) is 81.0 Å². The average molecular weight is 353 g/mol. The summed E-state index contributed by atoms with van der Waals surface area (Å²) in [5.41, 5.74) is 2.75. The highest BCUT2D eigenvalue weighted by atomic mass is 16.5. The van der Waals surface area contributed by atoms with E-state index in [4.69, 9.17) is 4.74 Å². The molecule has 0 saturated carbocycles. The molecule has 1 N–H and O–H groups in total. The third-order valence-electron chi connectivity index (χ3n) is 4.55. The van der Waals surface area contributed by atoms with Crippen molar-refractivity contribution in [1.29, 1.82) is 0 Å². The van der Waals surface area contributed by atoms with E-state index in [0.717, 1.165) is 54.4 Å². The van der Waals surface area contributed by atoms with Gasteiger partial charge < -0.3 is 19.5 Å². The Balaban J connectivity index is 1.51. The summed E-state index contributed by atoms with van der Waals surface area (Å²) in [5, 5.41) is 3.37. The highest BCUT2D eigenvalue weighted by molar-refractivity contribution is 5.82. The number of aromatic nitrogens is 5. The Bertz CT molecular complexity index is 886. The van der Waals surface area contributed by atoms with Crippen LogP contribution in [0.3, 0.4) is 0 Å². The summed E-state index contributed by atoms with van der Waals surface area (Å²) in [7, 11) is 3.96. The molecule has 8 heteroatoms. The largest absolute Gasteiger partial charge is 0.376 e. The maximum Gasteiger partial charge on any atom is 0.165 e. The maximum absolute atomic E-state index is 5.72. The molecule has 8 nitrogen and oxygen atoms in total. The molecule has 0 amide bonds. The number of hydrogen-bond donors (Lipinski definition) is 1. The van der Waals surface area contributed by atoms with E-state index in [-0.39, 0.29) is 6.10 Å². The van der Waals surface area contributed by atoms with Crippen molar-refractivity contribution >= 4 is 22.8 Å². The summed E-state index contributed by atoms with van der Waals surface area (Å²) in [6, 6.07) is 4.05. The number of imidazole rings is 1. The molecule has 1 atom stereocenters. The number of hydrogen-bond acceptors (Lipinski definition) is 7. The number of pyridine rings is 1. The summed E-state index contributed by atoms with van der Waals surface area (Å²) in [5.74, 6) is 1.67. The molecule has 1 aliphatic rings. The molecule has 1 fully saturated rings. The zero-order valence-corrected chi connectivity index (χ0v) is 15.1. The Hall–Kier alpha value is -2.74. The summed E-state index contributed by atoms with van der Waals surface area (Å²) in [6.45, 7) is 2.28. The van der Waals surface area contributed by atoms with Crippen LogP contribution in [-0.4, -0.2) is 51.3 Å². The van der Waals surface area contributed by atoms with E-state index in [1.165, 1.54) is 0 Å². The predicted molar refractivity (Wildman–Crippen MR) is 100 cm³/mol. The van der Waals surface area contributed by atoms with Crippen molar-refractivity contribution in [3.8, 4) is 0 Å². The number of nitrogens with one attached hydrogen (secondary N) is 1. The van der Waals surface area contributed by atoms with E-state index in [1.807, 2.05) is 37.6 Å². The van der Waals surface area contributed by atoms with Gasteiger partial charge in [-0.25, -0.2) is 19.9 Å². The normalized spacial score (nSPS) is 16.9. The fraction of sp³-hybridized carbons (Fsp3) is 0.444. The molecule has 4 heterocycles. The number of anilines is 2. The first-order chi connectivity index (χ1) is 12.7. The van der Waals surface area contributed by atoms with Crippen LogP contribution in [-0.2, 0) is 17.8 Å². The van der Waals surface area contributed by atoms with Crippen molar-refractivity contribution in [2.45, 2.75) is 32.0 Å². The number of fused-ring (bicyclic) bond motifs is 1. The maximum atomic E-state index is 5.72. The Kier molecular flexibility index (Phi) is 4.66. The summed E-state index contributed by atoms with van der Waals surface area (Å²) < 4.78 is 7.77. The second kappa shape index (κ2) is 7.25. The fourth-order valence-electron chi connectivity index (χ4n) is 3.15. The van der Waals surface area contributed by atoms with Crippen LogP contribution in [0, 0.1) is 0 Å². The molecular weight excluding hydrogens is 330 g/mol.